The second-order valence-corrected chi connectivity index (χ2v) is 7.30. The van der Waals surface area contributed by atoms with Crippen molar-refractivity contribution in [1.82, 2.24) is 20.5 Å². The summed E-state index contributed by atoms with van der Waals surface area (Å²) in [4.78, 5) is 18.4. The van der Waals surface area contributed by atoms with E-state index in [4.69, 9.17) is 0 Å². The molecule has 3 N–H and O–H groups in total. The van der Waals surface area contributed by atoms with Crippen molar-refractivity contribution in [2.24, 2.45) is 0 Å². The molecule has 0 aliphatic carbocycles. The van der Waals surface area contributed by atoms with E-state index in [9.17, 15) is 9.90 Å². The Labute approximate surface area is 150 Å². The first kappa shape index (κ1) is 17.6. The Kier molecular flexibility index (Phi) is 5.14. The topological polar surface area (TPSA) is 103 Å². The minimum atomic E-state index is -0.670. The minimum absolute atomic E-state index is 0.315. The maximum absolute atomic E-state index is 12.2. The summed E-state index contributed by atoms with van der Waals surface area (Å²) in [6, 6.07) is 2.98. The van der Waals surface area contributed by atoms with Crippen molar-refractivity contribution < 1.29 is 9.90 Å². The zero-order valence-electron chi connectivity index (χ0n) is 14.4. The Balaban J connectivity index is 1.56. The Morgan fingerprint density at radius 2 is 2.16 bits per heavy atom. The number of anilines is 2. The van der Waals surface area contributed by atoms with Gasteiger partial charge in [0.1, 0.15) is 0 Å². The van der Waals surface area contributed by atoms with Crippen molar-refractivity contribution in [3.63, 3.8) is 0 Å². The van der Waals surface area contributed by atoms with Crippen LogP contribution in [0.1, 0.15) is 31.2 Å². The predicted molar refractivity (Wildman–Crippen MR) is 97.1 cm³/mol. The number of nitrogens with zero attached hydrogens (tertiary/aromatic N) is 4. The van der Waals surface area contributed by atoms with E-state index in [1.54, 1.807) is 0 Å². The van der Waals surface area contributed by atoms with E-state index in [0.717, 1.165) is 11.4 Å². The van der Waals surface area contributed by atoms with Crippen molar-refractivity contribution in [3.8, 4) is 0 Å². The van der Waals surface area contributed by atoms with Crippen LogP contribution in [0, 0.1) is 6.92 Å². The lowest BCUT2D eigenvalue weighted by atomic mass is 10.2. The van der Waals surface area contributed by atoms with Crippen LogP contribution in [-0.2, 0) is 0 Å². The number of aromatic nitrogens is 3. The SMILES string of the molecule is Cc1ccc(N2C[C@H](O)[C@H](NC(=O)Nc3nc(C(C)C)cs3)C2)nn1. The first-order chi connectivity index (χ1) is 11.9. The van der Waals surface area contributed by atoms with Gasteiger partial charge in [0, 0.05) is 18.5 Å². The number of thiazole rings is 1. The second-order valence-electron chi connectivity index (χ2n) is 6.44. The predicted octanol–water partition coefficient (Wildman–Crippen LogP) is 1.74. The maximum Gasteiger partial charge on any atom is 0.321 e. The van der Waals surface area contributed by atoms with E-state index < -0.39 is 6.10 Å². The smallest absolute Gasteiger partial charge is 0.321 e. The first-order valence-corrected chi connectivity index (χ1v) is 9.06. The maximum atomic E-state index is 12.2. The molecule has 0 aromatic carbocycles. The molecule has 1 saturated heterocycles. The Hall–Kier alpha value is -2.26. The minimum Gasteiger partial charge on any atom is -0.389 e. The summed E-state index contributed by atoms with van der Waals surface area (Å²) >= 11 is 1.39. The average Bonchev–Trinajstić information content (AvgIpc) is 3.16. The van der Waals surface area contributed by atoms with Crippen molar-refractivity contribution >= 4 is 28.3 Å². The molecule has 0 radical (unpaired) electrons. The van der Waals surface area contributed by atoms with Crippen LogP contribution in [-0.4, -0.2) is 51.6 Å². The van der Waals surface area contributed by atoms with Gasteiger partial charge in [0.2, 0.25) is 0 Å². The van der Waals surface area contributed by atoms with Gasteiger partial charge in [-0.3, -0.25) is 5.32 Å². The molecule has 3 rings (SSSR count). The van der Waals surface area contributed by atoms with Crippen molar-refractivity contribution in [2.45, 2.75) is 38.8 Å². The molecule has 25 heavy (non-hydrogen) atoms. The van der Waals surface area contributed by atoms with Crippen LogP contribution in [0.2, 0.25) is 0 Å². The van der Waals surface area contributed by atoms with E-state index in [-0.39, 0.29) is 12.1 Å². The highest BCUT2D eigenvalue weighted by Crippen LogP contribution is 2.22. The third kappa shape index (κ3) is 4.23. The van der Waals surface area contributed by atoms with Crippen LogP contribution >= 0.6 is 11.3 Å². The largest absolute Gasteiger partial charge is 0.389 e. The molecule has 0 saturated carbocycles. The molecule has 3 heterocycles. The van der Waals surface area contributed by atoms with E-state index >= 15 is 0 Å². The fourth-order valence-electron chi connectivity index (χ4n) is 2.59. The second kappa shape index (κ2) is 7.32. The monoisotopic (exact) mass is 362 g/mol. The summed E-state index contributed by atoms with van der Waals surface area (Å²) in [7, 11) is 0. The van der Waals surface area contributed by atoms with Gasteiger partial charge in [-0.15, -0.1) is 16.4 Å². The molecule has 2 atom stereocenters. The summed E-state index contributed by atoms with van der Waals surface area (Å²) in [6.45, 7) is 6.85. The molecule has 0 unspecified atom stereocenters. The van der Waals surface area contributed by atoms with E-state index in [1.807, 2.05) is 29.3 Å². The average molecular weight is 362 g/mol. The van der Waals surface area contributed by atoms with E-state index in [2.05, 4.69) is 39.7 Å². The molecule has 8 nitrogen and oxygen atoms in total. The van der Waals surface area contributed by atoms with Gasteiger partial charge in [0.15, 0.2) is 10.9 Å². The molecule has 1 aliphatic rings. The summed E-state index contributed by atoms with van der Waals surface area (Å²) in [5.41, 5.74) is 1.78. The first-order valence-electron chi connectivity index (χ1n) is 8.18. The lowest BCUT2D eigenvalue weighted by Gasteiger charge is -2.17. The number of rotatable bonds is 4. The van der Waals surface area contributed by atoms with Crippen LogP contribution in [0.15, 0.2) is 17.5 Å². The van der Waals surface area contributed by atoms with Gasteiger partial charge >= 0.3 is 6.03 Å². The van der Waals surface area contributed by atoms with Gasteiger partial charge in [0.25, 0.3) is 0 Å². The van der Waals surface area contributed by atoms with Gasteiger partial charge < -0.3 is 15.3 Å². The molecule has 2 aromatic heterocycles. The fourth-order valence-corrected chi connectivity index (χ4v) is 3.45. The number of aliphatic hydroxyl groups excluding tert-OH is 1. The number of hydrogen-bond acceptors (Lipinski definition) is 7. The molecule has 1 fully saturated rings. The molecule has 2 aromatic rings. The van der Waals surface area contributed by atoms with Crippen molar-refractivity contribution in [2.75, 3.05) is 23.3 Å². The van der Waals surface area contributed by atoms with Crippen LogP contribution in [0.3, 0.4) is 0 Å². The Morgan fingerprint density at radius 3 is 2.80 bits per heavy atom. The van der Waals surface area contributed by atoms with Gasteiger partial charge in [0.05, 0.1) is 23.5 Å². The van der Waals surface area contributed by atoms with Gasteiger partial charge in [-0.1, -0.05) is 13.8 Å². The number of hydrogen-bond donors (Lipinski definition) is 3. The molecule has 0 spiro atoms. The standard InChI is InChI=1S/C16H22N6O2S/c1-9(2)12-8-25-16(18-12)19-15(24)17-11-6-22(7-13(11)23)14-5-4-10(3)20-21-14/h4-5,8-9,11,13,23H,6-7H2,1-3H3,(H2,17,18,19,24)/t11-,13+/m1/s1. The third-order valence-corrected chi connectivity index (χ3v) is 4.82. The molecule has 2 amide bonds. The quantitative estimate of drug-likeness (QED) is 0.765. The van der Waals surface area contributed by atoms with Gasteiger partial charge in [-0.25, -0.2) is 9.78 Å². The van der Waals surface area contributed by atoms with Crippen LogP contribution in [0.25, 0.3) is 0 Å². The van der Waals surface area contributed by atoms with E-state index in [1.165, 1.54) is 11.3 Å². The van der Waals surface area contributed by atoms with Gasteiger partial charge in [-0.05, 0) is 25.0 Å². The van der Waals surface area contributed by atoms with Crippen molar-refractivity contribution in [1.29, 1.82) is 0 Å². The zero-order chi connectivity index (χ0) is 18.0. The number of amides is 2. The number of nitrogens with one attached hydrogen (secondary N) is 2. The number of carbonyl (C=O) groups is 1. The van der Waals surface area contributed by atoms with Crippen molar-refractivity contribution in [3.05, 3.63) is 28.9 Å². The van der Waals surface area contributed by atoms with Crippen LogP contribution < -0.4 is 15.5 Å². The Bertz CT molecular complexity index is 732. The van der Waals surface area contributed by atoms with Crippen LogP contribution in [0.5, 0.6) is 0 Å². The fraction of sp³-hybridized carbons (Fsp3) is 0.500. The highest BCUT2D eigenvalue weighted by atomic mass is 32.1. The lowest BCUT2D eigenvalue weighted by molar-refractivity contribution is 0.165. The highest BCUT2D eigenvalue weighted by Gasteiger charge is 2.33. The van der Waals surface area contributed by atoms with Gasteiger partial charge in [-0.2, -0.15) is 5.10 Å². The molecular formula is C16H22N6O2S. The number of β-amino-alcohol motifs (C(OH)–C–C–N with tert-alkyl or cyclic N) is 1. The normalized spacial score (nSPS) is 20.1. The zero-order valence-corrected chi connectivity index (χ0v) is 15.2. The summed E-state index contributed by atoms with van der Waals surface area (Å²) in [6.07, 6.45) is -0.670. The summed E-state index contributed by atoms with van der Waals surface area (Å²) in [5, 5.41) is 26.4. The van der Waals surface area contributed by atoms with E-state index in [0.29, 0.717) is 30.0 Å². The molecule has 1 aliphatic heterocycles. The molecule has 134 valence electrons. The molecular weight excluding hydrogens is 340 g/mol. The number of aliphatic hydroxyl groups is 1. The highest BCUT2D eigenvalue weighted by molar-refractivity contribution is 7.13. The molecule has 9 heteroatoms. The summed E-state index contributed by atoms with van der Waals surface area (Å²) in [5.74, 6) is 1.01. The van der Waals surface area contributed by atoms with Crippen LogP contribution in [0.4, 0.5) is 15.7 Å². The lowest BCUT2D eigenvalue weighted by Crippen LogP contribution is -2.44. The molecule has 0 bridgehead atoms. The number of carbonyl (C=O) groups excluding carboxylic acids is 1. The third-order valence-electron chi connectivity index (χ3n) is 4.05. The number of aryl methyl sites for hydroxylation is 1. The summed E-state index contributed by atoms with van der Waals surface area (Å²) < 4.78 is 0. The number of urea groups is 1. The Morgan fingerprint density at radius 1 is 1.36 bits per heavy atom.